The summed E-state index contributed by atoms with van der Waals surface area (Å²) < 4.78 is 5.08. The van der Waals surface area contributed by atoms with Crippen molar-refractivity contribution in [3.63, 3.8) is 0 Å². The highest BCUT2D eigenvalue weighted by molar-refractivity contribution is 5.95. The van der Waals surface area contributed by atoms with E-state index in [1.165, 1.54) is 0 Å². The number of likely N-dealkylation sites (tertiary alicyclic amines) is 1. The van der Waals surface area contributed by atoms with Crippen molar-refractivity contribution in [2.45, 2.75) is 25.8 Å². The van der Waals surface area contributed by atoms with Crippen LogP contribution < -0.4 is 16.0 Å². The largest absolute Gasteiger partial charge is 0.463 e. The Morgan fingerprint density at radius 2 is 2.07 bits per heavy atom. The number of rotatable bonds is 6. The van der Waals surface area contributed by atoms with Crippen LogP contribution in [0.25, 0.3) is 0 Å². The van der Waals surface area contributed by atoms with Crippen LogP contribution in [0, 0.1) is 0 Å². The van der Waals surface area contributed by atoms with Crippen molar-refractivity contribution in [2.24, 2.45) is 0 Å². The molecule has 0 aliphatic carbocycles. The van der Waals surface area contributed by atoms with Crippen LogP contribution in [0.5, 0.6) is 0 Å². The standard InChI is InChI=1S/C19H24N4O4/c1-2-27-18(25)14-11-20-19(26)22-15(14)12-23-10-6-9-16(23)17(24)21-13-7-4-3-5-8-13/h3-5,7-8,16H,2,6,9-12H2,1H3,(H,21,24)(H2,20,22,26). The summed E-state index contributed by atoms with van der Waals surface area (Å²) in [6.45, 7) is 3.14. The lowest BCUT2D eigenvalue weighted by atomic mass is 10.1. The van der Waals surface area contributed by atoms with Crippen LogP contribution in [-0.2, 0) is 14.3 Å². The Kier molecular flexibility index (Phi) is 6.08. The van der Waals surface area contributed by atoms with Gasteiger partial charge in [0.15, 0.2) is 0 Å². The van der Waals surface area contributed by atoms with E-state index >= 15 is 0 Å². The summed E-state index contributed by atoms with van der Waals surface area (Å²) in [5.74, 6) is -0.540. The van der Waals surface area contributed by atoms with Gasteiger partial charge in [-0.15, -0.1) is 0 Å². The molecule has 1 saturated heterocycles. The summed E-state index contributed by atoms with van der Waals surface area (Å²) in [4.78, 5) is 38.6. The second kappa shape index (κ2) is 8.68. The first-order valence-electron chi connectivity index (χ1n) is 9.12. The molecule has 1 aromatic rings. The SMILES string of the molecule is CCOC(=O)C1=C(CN2CCCC2C(=O)Nc2ccccc2)NC(=O)NC1. The summed E-state index contributed by atoms with van der Waals surface area (Å²) in [5.41, 5.74) is 1.64. The number of carbonyl (C=O) groups is 3. The number of hydrogen-bond acceptors (Lipinski definition) is 5. The number of nitrogens with zero attached hydrogens (tertiary/aromatic N) is 1. The van der Waals surface area contributed by atoms with E-state index in [1.54, 1.807) is 6.92 Å². The number of carbonyl (C=O) groups excluding carboxylic acids is 3. The predicted octanol–water partition coefficient (Wildman–Crippen LogP) is 1.22. The number of urea groups is 1. The number of amides is 3. The molecule has 0 bridgehead atoms. The molecule has 27 heavy (non-hydrogen) atoms. The molecule has 2 aliphatic rings. The molecular formula is C19H24N4O4. The predicted molar refractivity (Wildman–Crippen MR) is 99.9 cm³/mol. The summed E-state index contributed by atoms with van der Waals surface area (Å²) in [6.07, 6.45) is 1.61. The first-order valence-corrected chi connectivity index (χ1v) is 9.12. The van der Waals surface area contributed by atoms with Crippen LogP contribution in [0.4, 0.5) is 10.5 Å². The third-order valence-electron chi connectivity index (χ3n) is 4.65. The van der Waals surface area contributed by atoms with Gasteiger partial charge in [0.2, 0.25) is 5.91 Å². The van der Waals surface area contributed by atoms with Crippen molar-refractivity contribution in [2.75, 3.05) is 31.6 Å². The zero-order valence-electron chi connectivity index (χ0n) is 15.3. The number of benzene rings is 1. The average Bonchev–Trinajstić information content (AvgIpc) is 3.11. The van der Waals surface area contributed by atoms with Gasteiger partial charge in [-0.25, -0.2) is 9.59 Å². The third-order valence-corrected chi connectivity index (χ3v) is 4.65. The fourth-order valence-corrected chi connectivity index (χ4v) is 3.34. The molecule has 2 aliphatic heterocycles. The molecule has 0 spiro atoms. The second-order valence-electron chi connectivity index (χ2n) is 6.47. The number of para-hydroxylation sites is 1. The fraction of sp³-hybridized carbons (Fsp3) is 0.421. The normalized spacial score (nSPS) is 20.0. The zero-order valence-corrected chi connectivity index (χ0v) is 15.3. The number of anilines is 1. The monoisotopic (exact) mass is 372 g/mol. The van der Waals surface area contributed by atoms with Gasteiger partial charge in [-0.3, -0.25) is 9.69 Å². The van der Waals surface area contributed by atoms with E-state index in [4.69, 9.17) is 4.74 Å². The van der Waals surface area contributed by atoms with E-state index in [2.05, 4.69) is 16.0 Å². The van der Waals surface area contributed by atoms with Gasteiger partial charge in [-0.2, -0.15) is 0 Å². The average molecular weight is 372 g/mol. The molecular weight excluding hydrogens is 348 g/mol. The summed E-state index contributed by atoms with van der Waals surface area (Å²) >= 11 is 0. The van der Waals surface area contributed by atoms with Crippen LogP contribution in [0.15, 0.2) is 41.6 Å². The number of hydrogen-bond donors (Lipinski definition) is 3. The minimum Gasteiger partial charge on any atom is -0.463 e. The first-order chi connectivity index (χ1) is 13.1. The van der Waals surface area contributed by atoms with Crippen molar-refractivity contribution in [1.29, 1.82) is 0 Å². The maximum absolute atomic E-state index is 12.7. The zero-order chi connectivity index (χ0) is 19.2. The van der Waals surface area contributed by atoms with Gasteiger partial charge >= 0.3 is 12.0 Å². The maximum Gasteiger partial charge on any atom is 0.337 e. The van der Waals surface area contributed by atoms with E-state index in [-0.39, 0.29) is 31.1 Å². The Morgan fingerprint density at radius 1 is 1.30 bits per heavy atom. The molecule has 3 rings (SSSR count). The molecule has 8 heteroatoms. The van der Waals surface area contributed by atoms with Crippen LogP contribution in [0.1, 0.15) is 19.8 Å². The number of esters is 1. The first kappa shape index (κ1) is 18.9. The summed E-state index contributed by atoms with van der Waals surface area (Å²) in [7, 11) is 0. The van der Waals surface area contributed by atoms with Gasteiger partial charge in [0.25, 0.3) is 0 Å². The molecule has 2 heterocycles. The van der Waals surface area contributed by atoms with E-state index in [1.807, 2.05) is 35.2 Å². The number of ether oxygens (including phenoxy) is 1. The lowest BCUT2D eigenvalue weighted by molar-refractivity contribution is -0.138. The molecule has 3 amide bonds. The molecule has 0 aromatic heterocycles. The molecule has 1 aromatic carbocycles. The highest BCUT2D eigenvalue weighted by Crippen LogP contribution is 2.21. The van der Waals surface area contributed by atoms with E-state index in [9.17, 15) is 14.4 Å². The summed E-state index contributed by atoms with van der Waals surface area (Å²) in [6, 6.07) is 8.62. The topological polar surface area (TPSA) is 99.8 Å². The fourth-order valence-electron chi connectivity index (χ4n) is 3.34. The van der Waals surface area contributed by atoms with Gasteiger partial charge in [-0.1, -0.05) is 18.2 Å². The second-order valence-corrected chi connectivity index (χ2v) is 6.47. The van der Waals surface area contributed by atoms with Gasteiger partial charge < -0.3 is 20.7 Å². The van der Waals surface area contributed by atoms with Gasteiger partial charge in [0.05, 0.1) is 24.8 Å². The van der Waals surface area contributed by atoms with Crippen LogP contribution in [-0.4, -0.2) is 55.1 Å². The Bertz CT molecular complexity index is 747. The van der Waals surface area contributed by atoms with E-state index < -0.39 is 5.97 Å². The maximum atomic E-state index is 12.7. The highest BCUT2D eigenvalue weighted by Gasteiger charge is 2.33. The minimum absolute atomic E-state index is 0.0859. The Balaban J connectivity index is 1.72. The van der Waals surface area contributed by atoms with E-state index in [0.29, 0.717) is 17.8 Å². The van der Waals surface area contributed by atoms with Crippen LogP contribution >= 0.6 is 0 Å². The molecule has 1 unspecified atom stereocenters. The molecule has 3 N–H and O–H groups in total. The highest BCUT2D eigenvalue weighted by atomic mass is 16.5. The lowest BCUT2D eigenvalue weighted by Crippen LogP contribution is -2.48. The Labute approximate surface area is 157 Å². The molecule has 1 atom stereocenters. The van der Waals surface area contributed by atoms with Crippen molar-refractivity contribution < 1.29 is 19.1 Å². The minimum atomic E-state index is -0.454. The smallest absolute Gasteiger partial charge is 0.337 e. The van der Waals surface area contributed by atoms with E-state index in [0.717, 1.165) is 25.1 Å². The lowest BCUT2D eigenvalue weighted by Gasteiger charge is -2.28. The number of nitrogens with one attached hydrogen (secondary N) is 3. The molecule has 0 saturated carbocycles. The Morgan fingerprint density at radius 3 is 2.81 bits per heavy atom. The van der Waals surface area contributed by atoms with Crippen molar-refractivity contribution in [1.82, 2.24) is 15.5 Å². The van der Waals surface area contributed by atoms with Crippen LogP contribution in [0.2, 0.25) is 0 Å². The molecule has 0 radical (unpaired) electrons. The quantitative estimate of drug-likeness (QED) is 0.652. The van der Waals surface area contributed by atoms with Gasteiger partial charge in [-0.05, 0) is 38.4 Å². The summed E-state index contributed by atoms with van der Waals surface area (Å²) in [5, 5.41) is 8.21. The van der Waals surface area contributed by atoms with Gasteiger partial charge in [0, 0.05) is 17.9 Å². The Hall–Kier alpha value is -2.87. The molecule has 144 valence electrons. The molecule has 1 fully saturated rings. The van der Waals surface area contributed by atoms with Crippen molar-refractivity contribution in [3.05, 3.63) is 41.6 Å². The van der Waals surface area contributed by atoms with Crippen molar-refractivity contribution in [3.8, 4) is 0 Å². The van der Waals surface area contributed by atoms with Crippen LogP contribution in [0.3, 0.4) is 0 Å². The third kappa shape index (κ3) is 4.65. The molecule has 8 nitrogen and oxygen atoms in total. The van der Waals surface area contributed by atoms with Crippen molar-refractivity contribution >= 4 is 23.6 Å². The van der Waals surface area contributed by atoms with Gasteiger partial charge in [0.1, 0.15) is 0 Å².